The Morgan fingerprint density at radius 1 is 1.53 bits per heavy atom. The van der Waals surface area contributed by atoms with Crippen molar-refractivity contribution in [1.29, 1.82) is 0 Å². The monoisotopic (exact) mass is 209 g/mol. The molecule has 0 aliphatic carbocycles. The molecule has 2 rings (SSSR count). The predicted octanol–water partition coefficient (Wildman–Crippen LogP) is 0.648. The van der Waals surface area contributed by atoms with Crippen molar-refractivity contribution in [2.24, 2.45) is 0 Å². The Kier molecular flexibility index (Phi) is 3.38. The summed E-state index contributed by atoms with van der Waals surface area (Å²) in [5, 5.41) is 9.19. The van der Waals surface area contributed by atoms with Crippen molar-refractivity contribution >= 4 is 0 Å². The number of nitrogens with zero attached hydrogens (tertiary/aromatic N) is 3. The molecule has 0 saturated carbocycles. The maximum absolute atomic E-state index is 9.19. The summed E-state index contributed by atoms with van der Waals surface area (Å²) in [6.45, 7) is 5.43. The van der Waals surface area contributed by atoms with Crippen LogP contribution in [0.15, 0.2) is 12.4 Å². The van der Waals surface area contributed by atoms with Gasteiger partial charge in [-0.2, -0.15) is 0 Å². The van der Waals surface area contributed by atoms with Gasteiger partial charge in [0.2, 0.25) is 0 Å². The molecule has 84 valence electrons. The van der Waals surface area contributed by atoms with E-state index < -0.39 is 0 Å². The van der Waals surface area contributed by atoms with Gasteiger partial charge in [0.15, 0.2) is 0 Å². The Labute approximate surface area is 90.5 Å². The molecule has 0 aromatic carbocycles. The number of aliphatic hydroxyl groups excluding tert-OH is 1. The van der Waals surface area contributed by atoms with E-state index in [0.29, 0.717) is 12.6 Å². The van der Waals surface area contributed by atoms with Crippen LogP contribution in [0.25, 0.3) is 0 Å². The van der Waals surface area contributed by atoms with Crippen molar-refractivity contribution in [1.82, 2.24) is 14.5 Å². The van der Waals surface area contributed by atoms with E-state index in [4.69, 9.17) is 0 Å². The van der Waals surface area contributed by atoms with Gasteiger partial charge >= 0.3 is 0 Å². The van der Waals surface area contributed by atoms with Gasteiger partial charge in [0.25, 0.3) is 0 Å². The van der Waals surface area contributed by atoms with E-state index in [1.807, 2.05) is 19.3 Å². The Bertz CT molecular complexity index is 311. The van der Waals surface area contributed by atoms with Gasteiger partial charge < -0.3 is 9.67 Å². The van der Waals surface area contributed by atoms with Gasteiger partial charge in [-0.15, -0.1) is 0 Å². The van der Waals surface area contributed by atoms with E-state index in [1.54, 1.807) is 0 Å². The van der Waals surface area contributed by atoms with Crippen molar-refractivity contribution in [3.63, 3.8) is 0 Å². The third-order valence-electron chi connectivity index (χ3n) is 3.26. The van der Waals surface area contributed by atoms with Gasteiger partial charge in [0.05, 0.1) is 6.61 Å². The number of imidazole rings is 1. The second kappa shape index (κ2) is 4.77. The molecule has 1 aliphatic rings. The van der Waals surface area contributed by atoms with E-state index in [0.717, 1.165) is 31.9 Å². The summed E-state index contributed by atoms with van der Waals surface area (Å²) in [5.74, 6) is 1.06. The minimum atomic E-state index is 0.295. The SMILES string of the molecule is Cc1nccn1CCN1CCCC1CO. The first-order chi connectivity index (χ1) is 7.31. The van der Waals surface area contributed by atoms with Crippen molar-refractivity contribution < 1.29 is 5.11 Å². The first-order valence-corrected chi connectivity index (χ1v) is 5.64. The van der Waals surface area contributed by atoms with Crippen molar-refractivity contribution in [3.05, 3.63) is 18.2 Å². The van der Waals surface area contributed by atoms with Crippen LogP contribution in [-0.2, 0) is 6.54 Å². The lowest BCUT2D eigenvalue weighted by molar-refractivity contribution is 0.155. The molecule has 4 nitrogen and oxygen atoms in total. The number of hydrogen-bond acceptors (Lipinski definition) is 3. The Hall–Kier alpha value is -0.870. The van der Waals surface area contributed by atoms with Crippen LogP contribution in [0.3, 0.4) is 0 Å². The molecular formula is C11H19N3O. The average molecular weight is 209 g/mol. The fraction of sp³-hybridized carbons (Fsp3) is 0.727. The molecule has 1 saturated heterocycles. The van der Waals surface area contributed by atoms with Gasteiger partial charge in [-0.1, -0.05) is 0 Å². The Balaban J connectivity index is 1.85. The van der Waals surface area contributed by atoms with E-state index in [9.17, 15) is 5.11 Å². The third kappa shape index (κ3) is 2.38. The topological polar surface area (TPSA) is 41.3 Å². The molecular weight excluding hydrogens is 190 g/mol. The van der Waals surface area contributed by atoms with Gasteiger partial charge in [0.1, 0.15) is 5.82 Å². The van der Waals surface area contributed by atoms with Crippen LogP contribution in [0.4, 0.5) is 0 Å². The van der Waals surface area contributed by atoms with Crippen LogP contribution in [0.2, 0.25) is 0 Å². The minimum absolute atomic E-state index is 0.295. The lowest BCUT2D eigenvalue weighted by Gasteiger charge is -2.22. The van der Waals surface area contributed by atoms with E-state index in [1.165, 1.54) is 6.42 Å². The lowest BCUT2D eigenvalue weighted by atomic mass is 10.2. The number of hydrogen-bond donors (Lipinski definition) is 1. The second-order valence-corrected chi connectivity index (χ2v) is 4.18. The molecule has 1 aromatic rings. The van der Waals surface area contributed by atoms with Gasteiger partial charge in [-0.25, -0.2) is 4.98 Å². The van der Waals surface area contributed by atoms with Crippen LogP contribution in [0.5, 0.6) is 0 Å². The molecule has 0 bridgehead atoms. The highest BCUT2D eigenvalue weighted by Gasteiger charge is 2.22. The van der Waals surface area contributed by atoms with Crippen molar-refractivity contribution in [3.8, 4) is 0 Å². The van der Waals surface area contributed by atoms with E-state index in [2.05, 4.69) is 14.5 Å². The molecule has 1 atom stereocenters. The van der Waals surface area contributed by atoms with Gasteiger partial charge in [-0.05, 0) is 26.3 Å². The zero-order valence-electron chi connectivity index (χ0n) is 9.26. The highest BCUT2D eigenvalue weighted by atomic mass is 16.3. The summed E-state index contributed by atoms with van der Waals surface area (Å²) in [7, 11) is 0. The summed E-state index contributed by atoms with van der Waals surface area (Å²) in [6, 6.07) is 0.383. The molecule has 0 spiro atoms. The van der Waals surface area contributed by atoms with E-state index >= 15 is 0 Å². The first kappa shape index (κ1) is 10.6. The fourth-order valence-electron chi connectivity index (χ4n) is 2.27. The molecule has 0 radical (unpaired) electrons. The van der Waals surface area contributed by atoms with Gasteiger partial charge in [0, 0.05) is 31.5 Å². The highest BCUT2D eigenvalue weighted by Crippen LogP contribution is 2.16. The number of aromatic nitrogens is 2. The summed E-state index contributed by atoms with van der Waals surface area (Å²) in [6.07, 6.45) is 6.20. The molecule has 0 amide bonds. The molecule has 1 unspecified atom stereocenters. The van der Waals surface area contributed by atoms with E-state index in [-0.39, 0.29) is 0 Å². The van der Waals surface area contributed by atoms with Crippen molar-refractivity contribution in [2.45, 2.75) is 32.4 Å². The molecule has 1 aromatic heterocycles. The van der Waals surface area contributed by atoms with Crippen LogP contribution >= 0.6 is 0 Å². The standard InChI is InChI=1S/C11H19N3O/c1-10-12-4-6-13(10)7-8-14-5-2-3-11(14)9-15/h4,6,11,15H,2-3,5,7-9H2,1H3. The van der Waals surface area contributed by atoms with Gasteiger partial charge in [-0.3, -0.25) is 4.90 Å². The Morgan fingerprint density at radius 3 is 3.07 bits per heavy atom. The summed E-state index contributed by atoms with van der Waals surface area (Å²) >= 11 is 0. The van der Waals surface area contributed by atoms with Crippen LogP contribution < -0.4 is 0 Å². The molecule has 1 N–H and O–H groups in total. The zero-order valence-corrected chi connectivity index (χ0v) is 9.26. The zero-order chi connectivity index (χ0) is 10.7. The Morgan fingerprint density at radius 2 is 2.40 bits per heavy atom. The average Bonchev–Trinajstić information content (AvgIpc) is 2.83. The number of likely N-dealkylation sites (tertiary alicyclic amines) is 1. The normalized spacial score (nSPS) is 22.4. The van der Waals surface area contributed by atoms with Crippen LogP contribution in [0, 0.1) is 6.92 Å². The van der Waals surface area contributed by atoms with Crippen LogP contribution in [0.1, 0.15) is 18.7 Å². The lowest BCUT2D eigenvalue weighted by Crippen LogP contribution is -2.34. The highest BCUT2D eigenvalue weighted by molar-refractivity contribution is 4.89. The summed E-state index contributed by atoms with van der Waals surface area (Å²) in [4.78, 5) is 6.57. The number of aliphatic hydroxyl groups is 1. The smallest absolute Gasteiger partial charge is 0.105 e. The number of aryl methyl sites for hydroxylation is 1. The molecule has 4 heteroatoms. The number of rotatable bonds is 4. The predicted molar refractivity (Wildman–Crippen MR) is 58.6 cm³/mol. The summed E-state index contributed by atoms with van der Waals surface area (Å²) < 4.78 is 2.16. The third-order valence-corrected chi connectivity index (χ3v) is 3.26. The van der Waals surface area contributed by atoms with Crippen LogP contribution in [-0.4, -0.2) is 45.3 Å². The molecule has 1 aliphatic heterocycles. The fourth-order valence-corrected chi connectivity index (χ4v) is 2.27. The minimum Gasteiger partial charge on any atom is -0.395 e. The largest absolute Gasteiger partial charge is 0.395 e. The molecule has 2 heterocycles. The molecule has 15 heavy (non-hydrogen) atoms. The first-order valence-electron chi connectivity index (χ1n) is 5.64. The second-order valence-electron chi connectivity index (χ2n) is 4.18. The quantitative estimate of drug-likeness (QED) is 0.791. The maximum Gasteiger partial charge on any atom is 0.105 e. The van der Waals surface area contributed by atoms with Crippen molar-refractivity contribution in [2.75, 3.05) is 19.7 Å². The molecule has 1 fully saturated rings. The summed E-state index contributed by atoms with van der Waals surface area (Å²) in [5.41, 5.74) is 0. The maximum atomic E-state index is 9.19.